The molecule has 0 saturated carbocycles. The molecule has 1 aromatic heterocycles. The first-order valence-electron chi connectivity index (χ1n) is 4.64. The average Bonchev–Trinajstić information content (AvgIpc) is 2.62. The van der Waals surface area contributed by atoms with Gasteiger partial charge in [0.25, 0.3) is 0 Å². The van der Waals surface area contributed by atoms with Crippen LogP contribution >= 0.6 is 0 Å². The number of piperidine rings is 1. The van der Waals surface area contributed by atoms with Gasteiger partial charge in [0.2, 0.25) is 0 Å². The normalized spacial score (nSPS) is 20.7. The molecule has 1 aromatic rings. The van der Waals surface area contributed by atoms with Crippen molar-refractivity contribution in [2.75, 3.05) is 13.1 Å². The molecular formula is C9H14N2O2. The quantitative estimate of drug-likeness (QED) is 0.729. The molecule has 1 aliphatic heterocycles. The molecule has 1 N–H and O–H groups in total. The topological polar surface area (TPSA) is 49.5 Å². The molecule has 2 heterocycles. The van der Waals surface area contributed by atoms with E-state index in [4.69, 9.17) is 4.52 Å². The van der Waals surface area contributed by atoms with E-state index in [2.05, 4.69) is 10.1 Å². The van der Waals surface area contributed by atoms with Gasteiger partial charge < -0.3 is 9.63 Å². The molecule has 0 unspecified atom stereocenters. The lowest BCUT2D eigenvalue weighted by molar-refractivity contribution is 0.0749. The Morgan fingerprint density at radius 3 is 2.92 bits per heavy atom. The number of aromatic nitrogens is 1. The fourth-order valence-corrected chi connectivity index (χ4v) is 1.62. The molecule has 0 aliphatic carbocycles. The van der Waals surface area contributed by atoms with Gasteiger partial charge in [0.15, 0.2) is 5.76 Å². The van der Waals surface area contributed by atoms with Crippen LogP contribution in [0.1, 0.15) is 18.6 Å². The number of aliphatic hydroxyl groups is 1. The van der Waals surface area contributed by atoms with Gasteiger partial charge in [0.1, 0.15) is 0 Å². The van der Waals surface area contributed by atoms with E-state index < -0.39 is 0 Å². The second-order valence-electron chi connectivity index (χ2n) is 3.49. The maximum atomic E-state index is 9.29. The first kappa shape index (κ1) is 8.72. The molecule has 0 atom stereocenters. The van der Waals surface area contributed by atoms with E-state index in [0.717, 1.165) is 38.2 Å². The summed E-state index contributed by atoms with van der Waals surface area (Å²) in [5, 5.41) is 12.9. The predicted octanol–water partition coefficient (Wildman–Crippen LogP) is 0.631. The van der Waals surface area contributed by atoms with Crippen molar-refractivity contribution in [2.45, 2.75) is 25.5 Å². The Bertz CT molecular complexity index is 240. The summed E-state index contributed by atoms with van der Waals surface area (Å²) in [5.74, 6) is 0.899. The third-order valence-corrected chi connectivity index (χ3v) is 2.43. The van der Waals surface area contributed by atoms with Crippen LogP contribution < -0.4 is 0 Å². The molecule has 0 spiro atoms. The molecule has 0 aromatic carbocycles. The minimum Gasteiger partial charge on any atom is -0.393 e. The van der Waals surface area contributed by atoms with Crippen LogP contribution in [0.5, 0.6) is 0 Å². The average molecular weight is 182 g/mol. The van der Waals surface area contributed by atoms with E-state index in [1.807, 2.05) is 6.07 Å². The monoisotopic (exact) mass is 182 g/mol. The van der Waals surface area contributed by atoms with Crippen LogP contribution in [0.25, 0.3) is 0 Å². The SMILES string of the molecule is OC1CCN(Cc2ccno2)CC1. The number of aliphatic hydroxyl groups excluding tert-OH is 1. The summed E-state index contributed by atoms with van der Waals surface area (Å²) in [6.45, 7) is 2.70. The van der Waals surface area contributed by atoms with E-state index in [1.54, 1.807) is 6.20 Å². The van der Waals surface area contributed by atoms with Gasteiger partial charge in [-0.3, -0.25) is 4.90 Å². The van der Waals surface area contributed by atoms with Crippen LogP contribution in [-0.4, -0.2) is 34.4 Å². The van der Waals surface area contributed by atoms with E-state index in [9.17, 15) is 5.11 Å². The molecule has 4 nitrogen and oxygen atoms in total. The van der Waals surface area contributed by atoms with E-state index in [0.29, 0.717) is 0 Å². The third-order valence-electron chi connectivity index (χ3n) is 2.43. The number of hydrogen-bond acceptors (Lipinski definition) is 4. The summed E-state index contributed by atoms with van der Waals surface area (Å²) in [5.41, 5.74) is 0. The summed E-state index contributed by atoms with van der Waals surface area (Å²) >= 11 is 0. The second-order valence-corrected chi connectivity index (χ2v) is 3.49. The predicted molar refractivity (Wildman–Crippen MR) is 47.0 cm³/mol. The molecule has 0 bridgehead atoms. The lowest BCUT2D eigenvalue weighted by Crippen LogP contribution is -2.35. The smallest absolute Gasteiger partial charge is 0.150 e. The second kappa shape index (κ2) is 3.89. The molecule has 4 heteroatoms. The zero-order valence-electron chi connectivity index (χ0n) is 7.52. The highest BCUT2D eigenvalue weighted by Crippen LogP contribution is 2.12. The van der Waals surface area contributed by atoms with Crippen molar-refractivity contribution in [3.05, 3.63) is 18.0 Å². The molecule has 72 valence electrons. The molecule has 0 amide bonds. The fraction of sp³-hybridized carbons (Fsp3) is 0.667. The van der Waals surface area contributed by atoms with Gasteiger partial charge in [0, 0.05) is 19.2 Å². The van der Waals surface area contributed by atoms with E-state index in [1.165, 1.54) is 0 Å². The van der Waals surface area contributed by atoms with E-state index >= 15 is 0 Å². The van der Waals surface area contributed by atoms with Crippen molar-refractivity contribution in [3.63, 3.8) is 0 Å². The Hall–Kier alpha value is -0.870. The zero-order valence-corrected chi connectivity index (χ0v) is 7.52. The zero-order chi connectivity index (χ0) is 9.10. The first-order chi connectivity index (χ1) is 6.34. The molecule has 1 aliphatic rings. The molecule has 0 radical (unpaired) electrons. The highest BCUT2D eigenvalue weighted by molar-refractivity contribution is 4.93. The van der Waals surface area contributed by atoms with Crippen molar-refractivity contribution in [1.82, 2.24) is 10.1 Å². The van der Waals surface area contributed by atoms with Crippen LogP contribution in [0, 0.1) is 0 Å². The Balaban J connectivity index is 1.83. The van der Waals surface area contributed by atoms with Crippen molar-refractivity contribution in [2.24, 2.45) is 0 Å². The Kier molecular flexibility index (Phi) is 2.61. The number of hydrogen-bond donors (Lipinski definition) is 1. The van der Waals surface area contributed by atoms with E-state index in [-0.39, 0.29) is 6.10 Å². The van der Waals surface area contributed by atoms with Crippen molar-refractivity contribution in [3.8, 4) is 0 Å². The largest absolute Gasteiger partial charge is 0.393 e. The standard InChI is InChI=1S/C9H14N2O2/c12-8-2-5-11(6-3-8)7-9-1-4-10-13-9/h1,4,8,12H,2-3,5-7H2. The summed E-state index contributed by atoms with van der Waals surface area (Å²) in [6.07, 6.45) is 3.29. The molecule has 13 heavy (non-hydrogen) atoms. The van der Waals surface area contributed by atoms with Gasteiger partial charge in [-0.05, 0) is 12.8 Å². The minimum absolute atomic E-state index is 0.106. The van der Waals surface area contributed by atoms with Crippen molar-refractivity contribution < 1.29 is 9.63 Å². The Morgan fingerprint density at radius 1 is 1.54 bits per heavy atom. The maximum absolute atomic E-state index is 9.29. The van der Waals surface area contributed by atoms with Gasteiger partial charge >= 0.3 is 0 Å². The Labute approximate surface area is 77.1 Å². The molecule has 1 fully saturated rings. The number of nitrogens with zero attached hydrogens (tertiary/aromatic N) is 2. The highest BCUT2D eigenvalue weighted by atomic mass is 16.5. The third kappa shape index (κ3) is 2.29. The van der Waals surface area contributed by atoms with Crippen LogP contribution in [-0.2, 0) is 6.54 Å². The summed E-state index contributed by atoms with van der Waals surface area (Å²) in [7, 11) is 0. The van der Waals surface area contributed by atoms with Gasteiger partial charge in [-0.2, -0.15) is 0 Å². The first-order valence-corrected chi connectivity index (χ1v) is 4.64. The lowest BCUT2D eigenvalue weighted by Gasteiger charge is -2.28. The highest BCUT2D eigenvalue weighted by Gasteiger charge is 2.17. The number of likely N-dealkylation sites (tertiary alicyclic amines) is 1. The molecular weight excluding hydrogens is 168 g/mol. The van der Waals surface area contributed by atoms with Gasteiger partial charge in [0.05, 0.1) is 18.8 Å². The summed E-state index contributed by atoms with van der Waals surface area (Å²) < 4.78 is 5.01. The minimum atomic E-state index is -0.106. The molecule has 2 rings (SSSR count). The van der Waals surface area contributed by atoms with Crippen LogP contribution in [0.3, 0.4) is 0 Å². The lowest BCUT2D eigenvalue weighted by atomic mass is 10.1. The van der Waals surface area contributed by atoms with Gasteiger partial charge in [-0.25, -0.2) is 0 Å². The van der Waals surface area contributed by atoms with Crippen molar-refractivity contribution in [1.29, 1.82) is 0 Å². The Morgan fingerprint density at radius 2 is 2.31 bits per heavy atom. The molecule has 1 saturated heterocycles. The van der Waals surface area contributed by atoms with Crippen LogP contribution in [0.2, 0.25) is 0 Å². The summed E-state index contributed by atoms with van der Waals surface area (Å²) in [6, 6.07) is 1.88. The fourth-order valence-electron chi connectivity index (χ4n) is 1.62. The van der Waals surface area contributed by atoms with Crippen LogP contribution in [0.4, 0.5) is 0 Å². The number of rotatable bonds is 2. The van der Waals surface area contributed by atoms with Gasteiger partial charge in [-0.1, -0.05) is 5.16 Å². The summed E-state index contributed by atoms with van der Waals surface area (Å²) in [4.78, 5) is 2.27. The van der Waals surface area contributed by atoms with Gasteiger partial charge in [-0.15, -0.1) is 0 Å². The van der Waals surface area contributed by atoms with Crippen LogP contribution in [0.15, 0.2) is 16.8 Å². The van der Waals surface area contributed by atoms with Crippen molar-refractivity contribution >= 4 is 0 Å². The maximum Gasteiger partial charge on any atom is 0.150 e.